The van der Waals surface area contributed by atoms with Crippen LogP contribution in [0.2, 0.25) is 0 Å². The van der Waals surface area contributed by atoms with E-state index in [0.29, 0.717) is 22.6 Å². The first-order chi connectivity index (χ1) is 17.7. The van der Waals surface area contributed by atoms with E-state index in [1.165, 1.54) is 17.8 Å². The number of carbonyl (C=O) groups excluding carboxylic acids is 2. The maximum atomic E-state index is 12.9. The number of carbonyl (C=O) groups is 2. The first-order valence-corrected chi connectivity index (χ1v) is 11.6. The summed E-state index contributed by atoms with van der Waals surface area (Å²) in [4.78, 5) is 37.8. The van der Waals surface area contributed by atoms with Gasteiger partial charge in [0, 0.05) is 24.4 Å². The van der Waals surface area contributed by atoms with Crippen molar-refractivity contribution in [2.45, 2.75) is 26.3 Å². The topological polar surface area (TPSA) is 128 Å². The van der Waals surface area contributed by atoms with Crippen molar-refractivity contribution >= 4 is 17.7 Å². The van der Waals surface area contributed by atoms with Gasteiger partial charge in [0.05, 0.1) is 33.3 Å². The van der Waals surface area contributed by atoms with Crippen molar-refractivity contribution in [1.82, 2.24) is 9.88 Å². The van der Waals surface area contributed by atoms with E-state index in [0.717, 1.165) is 11.1 Å². The molecule has 2 amide bonds. The van der Waals surface area contributed by atoms with E-state index in [4.69, 9.17) is 14.2 Å². The Morgan fingerprint density at radius 3 is 2.51 bits per heavy atom. The fourth-order valence-corrected chi connectivity index (χ4v) is 3.98. The first-order valence-electron chi connectivity index (χ1n) is 11.6. The van der Waals surface area contributed by atoms with Gasteiger partial charge in [0.1, 0.15) is 5.75 Å². The van der Waals surface area contributed by atoms with Crippen molar-refractivity contribution < 1.29 is 28.9 Å². The Morgan fingerprint density at radius 1 is 1.11 bits per heavy atom. The van der Waals surface area contributed by atoms with E-state index in [-0.39, 0.29) is 24.5 Å². The van der Waals surface area contributed by atoms with Crippen molar-refractivity contribution in [3.05, 3.63) is 70.1 Å². The number of pyridine rings is 1. The minimum Gasteiger partial charge on any atom is -0.505 e. The van der Waals surface area contributed by atoms with Crippen LogP contribution in [0.15, 0.2) is 53.5 Å². The molecule has 0 unspecified atom stereocenters. The van der Waals surface area contributed by atoms with E-state index < -0.39 is 23.6 Å². The van der Waals surface area contributed by atoms with Gasteiger partial charge in [-0.2, -0.15) is 0 Å². The molecule has 0 radical (unpaired) electrons. The van der Waals surface area contributed by atoms with Crippen molar-refractivity contribution in [2.24, 2.45) is 7.05 Å². The zero-order valence-electron chi connectivity index (χ0n) is 21.5. The normalized spacial score (nSPS) is 11.4. The molecule has 0 fully saturated rings. The van der Waals surface area contributed by atoms with Gasteiger partial charge in [-0.05, 0) is 37.1 Å². The number of nitrogens with one attached hydrogen (secondary N) is 2. The molecule has 0 bridgehead atoms. The minimum absolute atomic E-state index is 0.155. The molecule has 3 rings (SSSR count). The van der Waals surface area contributed by atoms with Crippen LogP contribution in [0.5, 0.6) is 17.2 Å². The number of nitrogens with zero attached hydrogens (tertiary/aromatic N) is 1. The molecule has 1 atom stereocenters. The second-order valence-corrected chi connectivity index (χ2v) is 8.28. The highest BCUT2D eigenvalue weighted by molar-refractivity contribution is 5.91. The molecule has 196 valence electrons. The van der Waals surface area contributed by atoms with Crippen LogP contribution in [0.4, 0.5) is 10.5 Å². The molecule has 1 heterocycles. The molecule has 0 aliphatic carbocycles. The van der Waals surface area contributed by atoms with Crippen molar-refractivity contribution in [2.75, 3.05) is 26.1 Å². The number of esters is 1. The second kappa shape index (κ2) is 12.0. The Hall–Kier alpha value is -4.47. The lowest BCUT2D eigenvalue weighted by Crippen LogP contribution is -2.36. The number of methoxy groups -OCH3 is 2. The molecule has 0 spiro atoms. The van der Waals surface area contributed by atoms with Gasteiger partial charge in [-0.15, -0.1) is 0 Å². The maximum absolute atomic E-state index is 12.9. The van der Waals surface area contributed by atoms with Gasteiger partial charge in [0.15, 0.2) is 17.2 Å². The van der Waals surface area contributed by atoms with Gasteiger partial charge in [-0.3, -0.25) is 9.59 Å². The van der Waals surface area contributed by atoms with E-state index in [2.05, 4.69) is 10.6 Å². The molecule has 3 aromatic rings. The number of hydrogen-bond acceptors (Lipinski definition) is 7. The number of aryl methyl sites for hydroxylation is 2. The highest BCUT2D eigenvalue weighted by Crippen LogP contribution is 2.38. The summed E-state index contributed by atoms with van der Waals surface area (Å²) < 4.78 is 17.3. The summed E-state index contributed by atoms with van der Waals surface area (Å²) in [6.45, 7) is 3.49. The number of urea groups is 1. The van der Waals surface area contributed by atoms with Crippen LogP contribution in [0.25, 0.3) is 11.1 Å². The first kappa shape index (κ1) is 27.1. The monoisotopic (exact) mass is 509 g/mol. The number of aromatic hydroxyl groups is 1. The smallest absolute Gasteiger partial charge is 0.319 e. The number of aromatic nitrogens is 1. The van der Waals surface area contributed by atoms with Crippen molar-refractivity contribution in [3.63, 3.8) is 0 Å². The molecule has 0 aliphatic rings. The van der Waals surface area contributed by atoms with Gasteiger partial charge < -0.3 is 34.5 Å². The van der Waals surface area contributed by atoms with E-state index in [1.807, 2.05) is 24.3 Å². The van der Waals surface area contributed by atoms with E-state index in [9.17, 15) is 19.5 Å². The zero-order valence-corrected chi connectivity index (χ0v) is 21.5. The summed E-state index contributed by atoms with van der Waals surface area (Å²) in [6.07, 6.45) is 1.31. The Morgan fingerprint density at radius 2 is 1.84 bits per heavy atom. The number of rotatable bonds is 9. The second-order valence-electron chi connectivity index (χ2n) is 8.28. The van der Waals surface area contributed by atoms with E-state index >= 15 is 0 Å². The lowest BCUT2D eigenvalue weighted by Gasteiger charge is -2.20. The summed E-state index contributed by atoms with van der Waals surface area (Å²) in [7, 11) is 4.61. The number of hydrogen-bond donors (Lipinski definition) is 3. The summed E-state index contributed by atoms with van der Waals surface area (Å²) in [5.74, 6) is 0.268. The van der Waals surface area contributed by atoms with Crippen LogP contribution in [-0.2, 0) is 16.6 Å². The SMILES string of the molecule is CCOC(=O)C[C@H](NC(=O)Nc1c(O)c(C)cn(C)c1=O)c1cccc(-c2cccc(OC)c2OC)c1. The predicted molar refractivity (Wildman–Crippen MR) is 139 cm³/mol. The molecule has 2 aromatic carbocycles. The average molecular weight is 510 g/mol. The van der Waals surface area contributed by atoms with Crippen LogP contribution in [0.1, 0.15) is 30.5 Å². The van der Waals surface area contributed by atoms with Crippen molar-refractivity contribution in [1.29, 1.82) is 0 Å². The third kappa shape index (κ3) is 6.21. The van der Waals surface area contributed by atoms with Gasteiger partial charge in [-0.1, -0.05) is 30.3 Å². The van der Waals surface area contributed by atoms with Crippen LogP contribution < -0.4 is 25.7 Å². The number of benzene rings is 2. The Balaban J connectivity index is 1.96. The van der Waals surface area contributed by atoms with Crippen molar-refractivity contribution in [3.8, 4) is 28.4 Å². The van der Waals surface area contributed by atoms with Crippen LogP contribution >= 0.6 is 0 Å². The largest absolute Gasteiger partial charge is 0.505 e. The third-order valence-electron chi connectivity index (χ3n) is 5.75. The fourth-order valence-electron chi connectivity index (χ4n) is 3.98. The molecular weight excluding hydrogens is 478 g/mol. The fraction of sp³-hybridized carbons (Fsp3) is 0.296. The summed E-state index contributed by atoms with van der Waals surface area (Å²) in [5, 5.41) is 15.5. The highest BCUT2D eigenvalue weighted by Gasteiger charge is 2.22. The number of amides is 2. The van der Waals surface area contributed by atoms with Gasteiger partial charge in [0.25, 0.3) is 5.56 Å². The average Bonchev–Trinajstić information content (AvgIpc) is 2.89. The Bertz CT molecular complexity index is 1350. The minimum atomic E-state index is -0.800. The van der Waals surface area contributed by atoms with Gasteiger partial charge in [-0.25, -0.2) is 4.79 Å². The standard InChI is InChI=1S/C27H31N3O7/c1-6-37-22(31)14-20(28-27(34)29-23-24(32)16(2)15-30(3)26(23)33)18-10-7-9-17(13-18)19-11-8-12-21(35-4)25(19)36-5/h7-13,15,20,32H,6,14H2,1-5H3,(H2,28,29,34)/t20-/m0/s1. The summed E-state index contributed by atoms with van der Waals surface area (Å²) in [5.41, 5.74) is 1.73. The molecule has 10 heteroatoms. The molecule has 3 N–H and O–H groups in total. The lowest BCUT2D eigenvalue weighted by molar-refractivity contribution is -0.143. The summed E-state index contributed by atoms with van der Waals surface area (Å²) in [6, 6.07) is 11.2. The van der Waals surface area contributed by atoms with Crippen LogP contribution in [0, 0.1) is 6.92 Å². The van der Waals surface area contributed by atoms with E-state index in [1.54, 1.807) is 46.3 Å². The maximum Gasteiger partial charge on any atom is 0.319 e. The molecule has 10 nitrogen and oxygen atoms in total. The molecule has 0 saturated carbocycles. The zero-order chi connectivity index (χ0) is 27.1. The van der Waals surface area contributed by atoms with Gasteiger partial charge in [0.2, 0.25) is 0 Å². The lowest BCUT2D eigenvalue weighted by atomic mass is 9.97. The predicted octanol–water partition coefficient (Wildman–Crippen LogP) is 3.90. The summed E-state index contributed by atoms with van der Waals surface area (Å²) >= 11 is 0. The molecule has 1 aromatic heterocycles. The van der Waals surface area contributed by atoms with Crippen LogP contribution in [0.3, 0.4) is 0 Å². The highest BCUT2D eigenvalue weighted by atomic mass is 16.5. The van der Waals surface area contributed by atoms with Gasteiger partial charge >= 0.3 is 12.0 Å². The molecule has 37 heavy (non-hydrogen) atoms. The Labute approximate surface area is 214 Å². The molecule has 0 saturated heterocycles. The van der Waals surface area contributed by atoms with Crippen LogP contribution in [-0.4, -0.2) is 42.5 Å². The quantitative estimate of drug-likeness (QED) is 0.373. The number of ether oxygens (including phenoxy) is 3. The Kier molecular flexibility index (Phi) is 8.78. The number of para-hydroxylation sites is 1. The molecule has 0 aliphatic heterocycles. The molecular formula is C27H31N3O7. The third-order valence-corrected chi connectivity index (χ3v) is 5.75. The number of anilines is 1.